The second-order valence-corrected chi connectivity index (χ2v) is 9.87. The highest BCUT2D eigenvalue weighted by Gasteiger charge is 2.25. The predicted molar refractivity (Wildman–Crippen MR) is 131 cm³/mol. The maximum Gasteiger partial charge on any atom is 0.210 e. The molecule has 3 atom stereocenters. The van der Waals surface area contributed by atoms with E-state index in [9.17, 15) is 13.9 Å². The molecule has 0 aliphatic heterocycles. The zero-order valence-electron chi connectivity index (χ0n) is 18.3. The van der Waals surface area contributed by atoms with E-state index < -0.39 is 23.8 Å². The van der Waals surface area contributed by atoms with Gasteiger partial charge >= 0.3 is 0 Å². The number of aliphatic hydroxyl groups excluding tert-OH is 1. The van der Waals surface area contributed by atoms with Crippen molar-refractivity contribution >= 4 is 32.6 Å². The van der Waals surface area contributed by atoms with Crippen molar-refractivity contribution in [2.75, 3.05) is 11.9 Å². The molecule has 3 unspecified atom stereocenters. The lowest BCUT2D eigenvalue weighted by molar-refractivity contribution is 0.143. The van der Waals surface area contributed by atoms with Crippen molar-refractivity contribution in [3.05, 3.63) is 75.0 Å². The first-order valence-corrected chi connectivity index (χ1v) is 12.7. The molecule has 1 aliphatic carbocycles. The average molecular weight is 537 g/mol. The fourth-order valence-corrected chi connectivity index (χ4v) is 5.42. The van der Waals surface area contributed by atoms with Crippen LogP contribution in [0.5, 0.6) is 0 Å². The van der Waals surface area contributed by atoms with Crippen molar-refractivity contribution in [3.63, 3.8) is 0 Å². The van der Waals surface area contributed by atoms with Crippen LogP contribution in [0.4, 0.5) is 13.9 Å². The van der Waals surface area contributed by atoms with Crippen LogP contribution in [-0.2, 0) is 19.3 Å². The summed E-state index contributed by atoms with van der Waals surface area (Å²) in [7, 11) is 0. The Morgan fingerprint density at radius 1 is 1.18 bits per heavy atom. The Morgan fingerprint density at radius 3 is 2.67 bits per heavy atom. The molecular formula is C24H27BrF2N4OS. The number of nitrogens with zero attached hydrogens (tertiary/aromatic N) is 2. The predicted octanol–water partition coefficient (Wildman–Crippen LogP) is 5.19. The third-order valence-corrected chi connectivity index (χ3v) is 7.29. The molecule has 0 amide bonds. The molecule has 2 aromatic carbocycles. The van der Waals surface area contributed by atoms with Gasteiger partial charge in [0.2, 0.25) is 9.87 Å². The Kier molecular flexibility index (Phi) is 8.06. The van der Waals surface area contributed by atoms with Crippen LogP contribution in [0.2, 0.25) is 0 Å². The van der Waals surface area contributed by atoms with E-state index in [1.165, 1.54) is 28.8 Å². The molecule has 0 spiro atoms. The summed E-state index contributed by atoms with van der Waals surface area (Å²) in [6.45, 7) is 2.48. The fraction of sp³-hybridized carbons (Fsp3) is 0.417. The zero-order valence-corrected chi connectivity index (χ0v) is 20.7. The molecule has 1 aliphatic rings. The molecule has 0 bridgehead atoms. The Labute approximate surface area is 205 Å². The van der Waals surface area contributed by atoms with Gasteiger partial charge in [0.05, 0.1) is 12.1 Å². The van der Waals surface area contributed by atoms with E-state index in [4.69, 9.17) is 0 Å². The van der Waals surface area contributed by atoms with Crippen LogP contribution in [0.3, 0.4) is 0 Å². The van der Waals surface area contributed by atoms with Crippen molar-refractivity contribution < 1.29 is 13.9 Å². The molecule has 3 aromatic rings. The molecule has 0 fully saturated rings. The Balaban J connectivity index is 1.49. The van der Waals surface area contributed by atoms with Crippen molar-refractivity contribution in [1.29, 1.82) is 0 Å². The standard InChI is InChI=1S/C24H27BrF2N4OS/c1-2-14-6-7-16-4-3-5-20(19(16)10-14)28-13-22(32)21(29-24-30-23(25)31-33-24)11-15-8-17(26)12-18(27)9-15/h6-10,12,20-22,28,32H,2-5,11,13H2,1H3,(H,29,30,31). The number of fused-ring (bicyclic) bond motifs is 1. The minimum Gasteiger partial charge on any atom is -0.390 e. The van der Waals surface area contributed by atoms with Gasteiger partial charge in [0, 0.05) is 30.2 Å². The van der Waals surface area contributed by atoms with Crippen LogP contribution in [0.1, 0.15) is 48.1 Å². The largest absolute Gasteiger partial charge is 0.390 e. The second-order valence-electron chi connectivity index (χ2n) is 8.41. The van der Waals surface area contributed by atoms with Gasteiger partial charge in [-0.05, 0) is 82.4 Å². The van der Waals surface area contributed by atoms with Gasteiger partial charge in [-0.3, -0.25) is 0 Å². The first-order chi connectivity index (χ1) is 15.9. The summed E-state index contributed by atoms with van der Waals surface area (Å²) in [5.41, 5.74) is 4.42. The smallest absolute Gasteiger partial charge is 0.210 e. The van der Waals surface area contributed by atoms with Crippen LogP contribution < -0.4 is 10.6 Å². The van der Waals surface area contributed by atoms with E-state index in [1.54, 1.807) is 0 Å². The Bertz CT molecular complexity index is 1080. The molecule has 4 rings (SSSR count). The van der Waals surface area contributed by atoms with E-state index in [-0.39, 0.29) is 12.5 Å². The number of aliphatic hydroxyl groups is 1. The molecule has 33 heavy (non-hydrogen) atoms. The van der Waals surface area contributed by atoms with Gasteiger partial charge in [-0.1, -0.05) is 25.1 Å². The lowest BCUT2D eigenvalue weighted by atomic mass is 9.86. The van der Waals surface area contributed by atoms with Crippen molar-refractivity contribution in [2.45, 2.75) is 57.2 Å². The second kappa shape index (κ2) is 11.0. The summed E-state index contributed by atoms with van der Waals surface area (Å²) in [6, 6.07) is 9.75. The molecular weight excluding hydrogens is 510 g/mol. The van der Waals surface area contributed by atoms with Gasteiger partial charge in [-0.2, -0.15) is 9.36 Å². The number of hydrogen-bond donors (Lipinski definition) is 3. The number of halogens is 3. The summed E-state index contributed by atoms with van der Waals surface area (Å²) < 4.78 is 32.0. The molecule has 1 aromatic heterocycles. The third-order valence-electron chi connectivity index (χ3n) is 6.06. The number of hydrogen-bond acceptors (Lipinski definition) is 6. The highest BCUT2D eigenvalue weighted by molar-refractivity contribution is 9.10. The first-order valence-electron chi connectivity index (χ1n) is 11.1. The average Bonchev–Trinajstić information content (AvgIpc) is 3.20. The normalized spacial score (nSPS) is 17.4. The molecule has 0 radical (unpaired) electrons. The summed E-state index contributed by atoms with van der Waals surface area (Å²) in [4.78, 5) is 4.24. The first kappa shape index (κ1) is 24.2. The molecule has 176 valence electrons. The minimum atomic E-state index is -0.821. The van der Waals surface area contributed by atoms with Gasteiger partial charge < -0.3 is 15.7 Å². The van der Waals surface area contributed by atoms with E-state index in [1.807, 2.05) is 0 Å². The molecule has 3 N–H and O–H groups in total. The van der Waals surface area contributed by atoms with E-state index >= 15 is 0 Å². The molecule has 5 nitrogen and oxygen atoms in total. The fourth-order valence-electron chi connectivity index (χ4n) is 4.37. The number of nitrogens with one attached hydrogen (secondary N) is 2. The number of anilines is 1. The van der Waals surface area contributed by atoms with Crippen molar-refractivity contribution in [3.8, 4) is 0 Å². The molecule has 1 heterocycles. The minimum absolute atomic E-state index is 0.165. The van der Waals surface area contributed by atoms with Crippen LogP contribution in [0, 0.1) is 11.6 Å². The number of benzene rings is 2. The van der Waals surface area contributed by atoms with Gasteiger partial charge in [0.1, 0.15) is 11.6 Å². The summed E-state index contributed by atoms with van der Waals surface area (Å²) in [5.74, 6) is -1.28. The monoisotopic (exact) mass is 536 g/mol. The zero-order chi connectivity index (χ0) is 23.4. The summed E-state index contributed by atoms with van der Waals surface area (Å²) in [5, 5.41) is 18.3. The van der Waals surface area contributed by atoms with Gasteiger partial charge in [0.25, 0.3) is 0 Å². The van der Waals surface area contributed by atoms with E-state index in [0.717, 1.165) is 43.3 Å². The number of aryl methyl sites for hydroxylation is 2. The van der Waals surface area contributed by atoms with Crippen molar-refractivity contribution in [1.82, 2.24) is 14.7 Å². The number of rotatable bonds is 9. The summed E-state index contributed by atoms with van der Waals surface area (Å²) >= 11 is 4.38. The van der Waals surface area contributed by atoms with Gasteiger partial charge in [0.15, 0.2) is 0 Å². The van der Waals surface area contributed by atoms with Crippen LogP contribution >= 0.6 is 27.5 Å². The Morgan fingerprint density at radius 2 is 1.97 bits per heavy atom. The quantitative estimate of drug-likeness (QED) is 0.351. The Hall–Kier alpha value is -1.94. The molecule has 0 saturated heterocycles. The maximum atomic E-state index is 13.7. The SMILES string of the molecule is CCc1ccc2c(c1)C(NCC(O)C(Cc1cc(F)cc(F)c1)Nc1nc(Br)ns1)CCC2. The van der Waals surface area contributed by atoms with Crippen LogP contribution in [0.15, 0.2) is 41.1 Å². The van der Waals surface area contributed by atoms with Gasteiger partial charge in [-0.25, -0.2) is 8.78 Å². The van der Waals surface area contributed by atoms with Gasteiger partial charge in [-0.15, -0.1) is 0 Å². The van der Waals surface area contributed by atoms with Crippen LogP contribution in [0.25, 0.3) is 0 Å². The van der Waals surface area contributed by atoms with Crippen LogP contribution in [-0.4, -0.2) is 33.2 Å². The topological polar surface area (TPSA) is 70.1 Å². The highest BCUT2D eigenvalue weighted by Crippen LogP contribution is 2.31. The highest BCUT2D eigenvalue weighted by atomic mass is 79.9. The van der Waals surface area contributed by atoms with Crippen molar-refractivity contribution in [2.24, 2.45) is 0 Å². The van der Waals surface area contributed by atoms with E-state index in [0.29, 0.717) is 22.0 Å². The lowest BCUT2D eigenvalue weighted by Crippen LogP contribution is -2.43. The van der Waals surface area contributed by atoms with E-state index in [2.05, 4.69) is 61.0 Å². The number of aromatic nitrogens is 2. The molecule has 0 saturated carbocycles. The third kappa shape index (κ3) is 6.35. The molecule has 9 heteroatoms. The lowest BCUT2D eigenvalue weighted by Gasteiger charge is -2.30. The summed E-state index contributed by atoms with van der Waals surface area (Å²) in [6.07, 6.45) is 3.56. The maximum absolute atomic E-state index is 13.7.